The van der Waals surface area contributed by atoms with E-state index < -0.39 is 0 Å². The van der Waals surface area contributed by atoms with Crippen molar-refractivity contribution in [2.45, 2.75) is 30.6 Å². The zero-order chi connectivity index (χ0) is 7.84. The number of fused-ring (bicyclic) bond motifs is 1. The molecule has 3 heteroatoms. The van der Waals surface area contributed by atoms with Crippen LogP contribution in [-0.2, 0) is 0 Å². The van der Waals surface area contributed by atoms with Crippen LogP contribution in [0.1, 0.15) is 19.3 Å². The molecule has 0 spiro atoms. The first-order valence-corrected chi connectivity index (χ1v) is 4.77. The second-order valence-corrected chi connectivity index (χ2v) is 4.40. The molecule has 2 atom stereocenters. The van der Waals surface area contributed by atoms with Gasteiger partial charge in [0.1, 0.15) is 0 Å². The molecule has 0 aromatic carbocycles. The zero-order valence-corrected chi connectivity index (χ0v) is 7.12. The number of rotatable bonds is 0. The molecule has 60 valence electrons. The summed E-state index contributed by atoms with van der Waals surface area (Å²) in [5, 5.41) is 3.62. The first-order chi connectivity index (χ1) is 5.25. The van der Waals surface area contributed by atoms with Crippen LogP contribution in [0.4, 0.5) is 4.79 Å². The molecule has 0 bridgehead atoms. The minimum absolute atomic E-state index is 0.148. The molecule has 2 fully saturated rings. The Bertz CT molecular complexity index is 212. The van der Waals surface area contributed by atoms with E-state index in [-0.39, 0.29) is 5.24 Å². The number of hydrogen-bond acceptors (Lipinski definition) is 2. The van der Waals surface area contributed by atoms with Gasteiger partial charge in [-0.2, -0.15) is 0 Å². The van der Waals surface area contributed by atoms with Gasteiger partial charge >= 0.3 is 0 Å². The summed E-state index contributed by atoms with van der Waals surface area (Å²) < 4.78 is 0. The van der Waals surface area contributed by atoms with Crippen LogP contribution in [0.15, 0.2) is 12.2 Å². The molecule has 2 aliphatic rings. The van der Waals surface area contributed by atoms with Crippen molar-refractivity contribution < 1.29 is 4.79 Å². The van der Waals surface area contributed by atoms with E-state index in [4.69, 9.17) is 0 Å². The number of hydrogen-bond donors (Lipinski definition) is 1. The Balaban J connectivity index is 2.08. The number of thioether (sulfide) groups is 1. The van der Waals surface area contributed by atoms with Crippen LogP contribution < -0.4 is 5.32 Å². The minimum atomic E-state index is 0.148. The van der Waals surface area contributed by atoms with Crippen LogP contribution in [0, 0.1) is 0 Å². The Morgan fingerprint density at radius 1 is 1.64 bits per heavy atom. The van der Waals surface area contributed by atoms with E-state index in [1.165, 1.54) is 17.3 Å². The lowest BCUT2D eigenvalue weighted by atomic mass is 9.91. The third-order valence-electron chi connectivity index (χ3n) is 2.30. The Labute approximate surface area is 70.4 Å². The van der Waals surface area contributed by atoms with Crippen molar-refractivity contribution in [2.75, 3.05) is 0 Å². The van der Waals surface area contributed by atoms with E-state index in [0.29, 0.717) is 11.3 Å². The van der Waals surface area contributed by atoms with Crippen LogP contribution in [0.2, 0.25) is 0 Å². The Hall–Kier alpha value is -0.440. The number of carbonyl (C=O) groups is 1. The maximum atomic E-state index is 10.9. The lowest BCUT2D eigenvalue weighted by Crippen LogP contribution is -2.34. The van der Waals surface area contributed by atoms with E-state index in [2.05, 4.69) is 11.9 Å². The van der Waals surface area contributed by atoms with Gasteiger partial charge in [-0.3, -0.25) is 4.79 Å². The first kappa shape index (κ1) is 7.22. The van der Waals surface area contributed by atoms with Gasteiger partial charge in [-0.1, -0.05) is 23.9 Å². The number of nitrogens with one attached hydrogen (secondary N) is 1. The summed E-state index contributed by atoms with van der Waals surface area (Å²) in [4.78, 5) is 10.9. The summed E-state index contributed by atoms with van der Waals surface area (Å²) in [5.41, 5.74) is 1.29. The molecule has 0 aromatic rings. The molecule has 1 N–H and O–H groups in total. The summed E-state index contributed by atoms with van der Waals surface area (Å²) in [5.74, 6) is 0. The molecule has 2 unspecified atom stereocenters. The molecule has 1 saturated carbocycles. The van der Waals surface area contributed by atoms with Crippen molar-refractivity contribution in [2.24, 2.45) is 0 Å². The molecule has 0 aromatic heterocycles. The lowest BCUT2D eigenvalue weighted by Gasteiger charge is -2.24. The van der Waals surface area contributed by atoms with Gasteiger partial charge < -0.3 is 5.32 Å². The maximum absolute atomic E-state index is 10.9. The van der Waals surface area contributed by atoms with E-state index in [9.17, 15) is 4.79 Å². The average Bonchev–Trinajstić information content (AvgIpc) is 2.27. The topological polar surface area (TPSA) is 29.1 Å². The van der Waals surface area contributed by atoms with Crippen molar-refractivity contribution in [3.05, 3.63) is 12.2 Å². The average molecular weight is 169 g/mol. The Morgan fingerprint density at radius 2 is 2.45 bits per heavy atom. The monoisotopic (exact) mass is 169 g/mol. The second-order valence-electron chi connectivity index (χ2n) is 3.19. The standard InChI is InChI=1S/C8H11NOS/c1-5-2-3-7-6(4-5)9-8(10)11-7/h6-7H,1-4H2,(H,9,10). The smallest absolute Gasteiger partial charge is 0.279 e. The fraction of sp³-hybridized carbons (Fsp3) is 0.625. The third-order valence-corrected chi connectivity index (χ3v) is 3.50. The third kappa shape index (κ3) is 1.29. The Kier molecular flexibility index (Phi) is 1.68. The molecular formula is C8H11NOS. The van der Waals surface area contributed by atoms with Gasteiger partial charge in [0.05, 0.1) is 0 Å². The quantitative estimate of drug-likeness (QED) is 0.561. The van der Waals surface area contributed by atoms with Gasteiger partial charge in [-0.25, -0.2) is 0 Å². The van der Waals surface area contributed by atoms with Crippen molar-refractivity contribution in [1.82, 2.24) is 5.32 Å². The molecule has 2 nitrogen and oxygen atoms in total. The van der Waals surface area contributed by atoms with E-state index in [1.54, 1.807) is 0 Å². The highest BCUT2D eigenvalue weighted by Crippen LogP contribution is 2.35. The van der Waals surface area contributed by atoms with Gasteiger partial charge in [0, 0.05) is 11.3 Å². The van der Waals surface area contributed by atoms with E-state index in [0.717, 1.165) is 19.3 Å². The minimum Gasteiger partial charge on any atom is -0.343 e. The molecule has 2 rings (SSSR count). The molecular weight excluding hydrogens is 158 g/mol. The molecule has 1 aliphatic heterocycles. The van der Waals surface area contributed by atoms with Crippen LogP contribution in [0.25, 0.3) is 0 Å². The van der Waals surface area contributed by atoms with Crippen molar-refractivity contribution in [1.29, 1.82) is 0 Å². The predicted molar refractivity (Wildman–Crippen MR) is 46.7 cm³/mol. The van der Waals surface area contributed by atoms with E-state index >= 15 is 0 Å². The van der Waals surface area contributed by atoms with Crippen molar-refractivity contribution in [3.63, 3.8) is 0 Å². The fourth-order valence-electron chi connectivity index (χ4n) is 1.70. The summed E-state index contributed by atoms with van der Waals surface area (Å²) in [6.07, 6.45) is 3.21. The second kappa shape index (κ2) is 2.55. The van der Waals surface area contributed by atoms with Crippen molar-refractivity contribution >= 4 is 17.0 Å². The predicted octanol–water partition coefficient (Wildman–Crippen LogP) is 1.92. The maximum Gasteiger partial charge on any atom is 0.279 e. The zero-order valence-electron chi connectivity index (χ0n) is 6.30. The first-order valence-electron chi connectivity index (χ1n) is 3.89. The van der Waals surface area contributed by atoms with Crippen LogP contribution in [-0.4, -0.2) is 16.5 Å². The summed E-state index contributed by atoms with van der Waals surface area (Å²) >= 11 is 1.46. The van der Waals surface area contributed by atoms with Gasteiger partial charge in [0.15, 0.2) is 0 Å². The van der Waals surface area contributed by atoms with E-state index in [1.807, 2.05) is 0 Å². The van der Waals surface area contributed by atoms with Gasteiger partial charge in [-0.15, -0.1) is 0 Å². The summed E-state index contributed by atoms with van der Waals surface area (Å²) in [6.45, 7) is 3.94. The normalized spacial score (nSPS) is 36.7. The molecule has 1 aliphatic carbocycles. The Morgan fingerprint density at radius 3 is 3.27 bits per heavy atom. The van der Waals surface area contributed by atoms with Gasteiger partial charge in [-0.05, 0) is 19.3 Å². The highest BCUT2D eigenvalue weighted by atomic mass is 32.2. The molecule has 0 radical (unpaired) electrons. The van der Waals surface area contributed by atoms with Crippen molar-refractivity contribution in [3.8, 4) is 0 Å². The number of carbonyl (C=O) groups excluding carboxylic acids is 1. The van der Waals surface area contributed by atoms with Gasteiger partial charge in [0.25, 0.3) is 5.24 Å². The molecule has 11 heavy (non-hydrogen) atoms. The number of amides is 1. The lowest BCUT2D eigenvalue weighted by molar-refractivity contribution is 0.259. The molecule has 1 saturated heterocycles. The highest BCUT2D eigenvalue weighted by Gasteiger charge is 2.35. The van der Waals surface area contributed by atoms with Crippen LogP contribution in [0.5, 0.6) is 0 Å². The summed E-state index contributed by atoms with van der Waals surface area (Å²) in [6, 6.07) is 0.383. The SMILES string of the molecule is C=C1CCC2SC(=O)NC2C1. The highest BCUT2D eigenvalue weighted by molar-refractivity contribution is 8.14. The van der Waals surface area contributed by atoms with Crippen LogP contribution in [0.3, 0.4) is 0 Å². The molecule has 1 heterocycles. The largest absolute Gasteiger partial charge is 0.343 e. The van der Waals surface area contributed by atoms with Gasteiger partial charge in [0.2, 0.25) is 0 Å². The van der Waals surface area contributed by atoms with Crippen LogP contribution >= 0.6 is 11.8 Å². The summed E-state index contributed by atoms with van der Waals surface area (Å²) in [7, 11) is 0. The fourth-order valence-corrected chi connectivity index (χ4v) is 2.76. The molecule has 1 amide bonds.